The first-order valence-corrected chi connectivity index (χ1v) is 12.9. The van der Waals surface area contributed by atoms with E-state index < -0.39 is 0 Å². The van der Waals surface area contributed by atoms with Crippen LogP contribution < -0.4 is 0 Å². The summed E-state index contributed by atoms with van der Waals surface area (Å²) in [6.07, 6.45) is 0. The molecule has 7 aromatic rings. The molecule has 0 radical (unpaired) electrons. The lowest BCUT2D eigenvalue weighted by Gasteiger charge is -2.19. The summed E-state index contributed by atoms with van der Waals surface area (Å²) in [6, 6.07) is 51.0. The van der Waals surface area contributed by atoms with Gasteiger partial charge in [0.2, 0.25) is 0 Å². The monoisotopic (exact) mass is 470 g/mol. The van der Waals surface area contributed by atoms with Gasteiger partial charge in [-0.3, -0.25) is 0 Å². The van der Waals surface area contributed by atoms with Crippen molar-refractivity contribution in [2.45, 2.75) is 6.92 Å². The van der Waals surface area contributed by atoms with Gasteiger partial charge in [-0.05, 0) is 84.8 Å². The number of rotatable bonds is 3. The molecule has 0 spiro atoms. The van der Waals surface area contributed by atoms with E-state index in [2.05, 4.69) is 146 Å². The maximum atomic E-state index is 2.39. The lowest BCUT2D eigenvalue weighted by molar-refractivity contribution is 1.47. The number of fused-ring (bicyclic) bond motifs is 3. The average Bonchev–Trinajstić information content (AvgIpc) is 2.96. The fourth-order valence-electron chi connectivity index (χ4n) is 5.76. The van der Waals surface area contributed by atoms with Gasteiger partial charge < -0.3 is 0 Å². The molecule has 0 atom stereocenters. The Morgan fingerprint density at radius 3 is 1.49 bits per heavy atom. The lowest BCUT2D eigenvalue weighted by atomic mass is 9.84. The summed E-state index contributed by atoms with van der Waals surface area (Å²) in [7, 11) is 0. The van der Waals surface area contributed by atoms with E-state index in [0.717, 1.165) is 0 Å². The summed E-state index contributed by atoms with van der Waals surface area (Å²) in [6.45, 7) is 2.14. The van der Waals surface area contributed by atoms with Crippen LogP contribution in [0.5, 0.6) is 0 Å². The average molecular weight is 471 g/mol. The fourth-order valence-corrected chi connectivity index (χ4v) is 5.76. The molecule has 0 aliphatic rings. The summed E-state index contributed by atoms with van der Waals surface area (Å²) in [5.74, 6) is 0. The Labute approximate surface area is 217 Å². The predicted octanol–water partition coefficient (Wildman–Crippen LogP) is 10.5. The van der Waals surface area contributed by atoms with Crippen molar-refractivity contribution < 1.29 is 0 Å². The lowest BCUT2D eigenvalue weighted by Crippen LogP contribution is -1.92. The molecule has 0 amide bonds. The second-order valence-electron chi connectivity index (χ2n) is 9.82. The van der Waals surface area contributed by atoms with Crippen molar-refractivity contribution in [3.05, 3.63) is 145 Å². The standard InChI is InChI=1S/C37H26/c1-25-19-21-26(22-20-25)29-23-28-13-5-6-14-30(28)35(24-29)37-33-17-9-7-15-31(33)36(27-11-3-2-4-12-27)32-16-8-10-18-34(32)37/h2-24H,1H3. The van der Waals surface area contributed by atoms with Crippen molar-refractivity contribution in [2.75, 3.05) is 0 Å². The van der Waals surface area contributed by atoms with Gasteiger partial charge in [-0.1, -0.05) is 133 Å². The van der Waals surface area contributed by atoms with Gasteiger partial charge in [0.1, 0.15) is 0 Å². The summed E-state index contributed by atoms with van der Waals surface area (Å²) in [5, 5.41) is 7.67. The summed E-state index contributed by atoms with van der Waals surface area (Å²) in [4.78, 5) is 0. The Hall–Kier alpha value is -4.68. The largest absolute Gasteiger partial charge is 0.0622 e. The normalized spacial score (nSPS) is 11.4. The van der Waals surface area contributed by atoms with Gasteiger partial charge in [-0.25, -0.2) is 0 Å². The highest BCUT2D eigenvalue weighted by atomic mass is 14.2. The molecule has 0 bridgehead atoms. The molecule has 0 N–H and O–H groups in total. The zero-order chi connectivity index (χ0) is 24.8. The topological polar surface area (TPSA) is 0 Å². The van der Waals surface area contributed by atoms with E-state index in [1.807, 2.05) is 0 Å². The maximum Gasteiger partial charge on any atom is -0.00199 e. The summed E-state index contributed by atoms with van der Waals surface area (Å²) in [5.41, 5.74) is 8.89. The van der Waals surface area contributed by atoms with Crippen LogP contribution in [0.25, 0.3) is 65.7 Å². The molecule has 0 saturated heterocycles. The number of benzene rings is 7. The van der Waals surface area contributed by atoms with Gasteiger partial charge in [0.05, 0.1) is 0 Å². The van der Waals surface area contributed by atoms with Gasteiger partial charge in [0.15, 0.2) is 0 Å². The molecule has 0 nitrogen and oxygen atoms in total. The van der Waals surface area contributed by atoms with Crippen LogP contribution in [-0.4, -0.2) is 0 Å². The Morgan fingerprint density at radius 1 is 0.351 bits per heavy atom. The quantitative estimate of drug-likeness (QED) is 0.225. The zero-order valence-electron chi connectivity index (χ0n) is 20.8. The summed E-state index contributed by atoms with van der Waals surface area (Å²) < 4.78 is 0. The van der Waals surface area contributed by atoms with Crippen molar-refractivity contribution in [1.29, 1.82) is 0 Å². The van der Waals surface area contributed by atoms with Crippen LogP contribution in [-0.2, 0) is 0 Å². The van der Waals surface area contributed by atoms with Gasteiger partial charge in [-0.15, -0.1) is 0 Å². The molecule has 7 rings (SSSR count). The molecule has 0 fully saturated rings. The van der Waals surface area contributed by atoms with E-state index in [0.29, 0.717) is 0 Å². The third kappa shape index (κ3) is 3.61. The van der Waals surface area contributed by atoms with Crippen molar-refractivity contribution in [1.82, 2.24) is 0 Å². The molecule has 0 aromatic heterocycles. The van der Waals surface area contributed by atoms with E-state index in [-0.39, 0.29) is 0 Å². The van der Waals surface area contributed by atoms with Crippen LogP contribution in [0.2, 0.25) is 0 Å². The zero-order valence-corrected chi connectivity index (χ0v) is 20.8. The molecule has 0 aliphatic carbocycles. The third-order valence-corrected chi connectivity index (χ3v) is 7.51. The van der Waals surface area contributed by atoms with Crippen LogP contribution in [0.4, 0.5) is 0 Å². The Morgan fingerprint density at radius 2 is 0.865 bits per heavy atom. The van der Waals surface area contributed by atoms with Crippen LogP contribution >= 0.6 is 0 Å². The van der Waals surface area contributed by atoms with Crippen molar-refractivity contribution in [2.24, 2.45) is 0 Å². The fraction of sp³-hybridized carbons (Fsp3) is 0.0270. The van der Waals surface area contributed by atoms with Crippen LogP contribution in [0.1, 0.15) is 5.56 Å². The smallest absolute Gasteiger partial charge is 0.00199 e. The molecule has 0 heteroatoms. The van der Waals surface area contributed by atoms with Crippen molar-refractivity contribution in [3.8, 4) is 33.4 Å². The van der Waals surface area contributed by atoms with E-state index in [1.54, 1.807) is 0 Å². The van der Waals surface area contributed by atoms with Crippen LogP contribution in [0.15, 0.2) is 140 Å². The van der Waals surface area contributed by atoms with Crippen molar-refractivity contribution >= 4 is 32.3 Å². The Bertz CT molecular complexity index is 1850. The first-order chi connectivity index (χ1) is 18.3. The third-order valence-electron chi connectivity index (χ3n) is 7.51. The van der Waals surface area contributed by atoms with E-state index in [9.17, 15) is 0 Å². The number of aryl methyl sites for hydroxylation is 1. The van der Waals surface area contributed by atoms with Gasteiger partial charge in [0, 0.05) is 0 Å². The minimum atomic E-state index is 1.24. The second-order valence-corrected chi connectivity index (χ2v) is 9.82. The van der Waals surface area contributed by atoms with E-state index >= 15 is 0 Å². The van der Waals surface area contributed by atoms with Gasteiger partial charge in [-0.2, -0.15) is 0 Å². The SMILES string of the molecule is Cc1ccc(-c2cc(-c3c4ccccc4c(-c4ccccc4)c4ccccc34)c3ccccc3c2)cc1. The molecule has 7 aromatic carbocycles. The predicted molar refractivity (Wildman–Crippen MR) is 160 cm³/mol. The van der Waals surface area contributed by atoms with Crippen LogP contribution in [0, 0.1) is 6.92 Å². The van der Waals surface area contributed by atoms with Crippen molar-refractivity contribution in [3.63, 3.8) is 0 Å². The molecule has 0 heterocycles. The minimum Gasteiger partial charge on any atom is -0.0622 e. The number of hydrogen-bond acceptors (Lipinski definition) is 0. The van der Waals surface area contributed by atoms with Crippen LogP contribution in [0.3, 0.4) is 0 Å². The highest BCUT2D eigenvalue weighted by Crippen LogP contribution is 2.46. The van der Waals surface area contributed by atoms with E-state index in [1.165, 1.54) is 71.3 Å². The molecule has 0 aliphatic heterocycles. The Kier molecular flexibility index (Phi) is 5.11. The second kappa shape index (κ2) is 8.76. The maximum absolute atomic E-state index is 2.39. The first-order valence-electron chi connectivity index (χ1n) is 12.9. The highest BCUT2D eigenvalue weighted by Gasteiger charge is 2.18. The van der Waals surface area contributed by atoms with Gasteiger partial charge in [0.25, 0.3) is 0 Å². The molecular weight excluding hydrogens is 444 g/mol. The molecule has 0 unspecified atom stereocenters. The molecule has 37 heavy (non-hydrogen) atoms. The molecule has 0 saturated carbocycles. The number of hydrogen-bond donors (Lipinski definition) is 0. The van der Waals surface area contributed by atoms with Gasteiger partial charge >= 0.3 is 0 Å². The molecular formula is C37H26. The summed E-state index contributed by atoms with van der Waals surface area (Å²) >= 11 is 0. The minimum absolute atomic E-state index is 1.24. The molecule has 174 valence electrons. The highest BCUT2D eigenvalue weighted by molar-refractivity contribution is 6.23. The van der Waals surface area contributed by atoms with E-state index in [4.69, 9.17) is 0 Å². The Balaban J connectivity index is 1.64. The first kappa shape index (κ1) is 21.6.